The normalized spacial score (nSPS) is 13.4. The number of hydrogen-bond acceptors (Lipinski definition) is 8. The zero-order valence-electron chi connectivity index (χ0n) is 20.3. The van der Waals surface area contributed by atoms with Crippen LogP contribution in [0.1, 0.15) is 58.8 Å². The molecule has 0 rings (SSSR count). The Morgan fingerprint density at radius 2 is 1.51 bits per heavy atom. The maximum absolute atomic E-state index is 12.9. The third-order valence-electron chi connectivity index (χ3n) is 5.25. The van der Waals surface area contributed by atoms with Crippen molar-refractivity contribution in [1.82, 2.24) is 10.6 Å². The van der Waals surface area contributed by atoms with Crippen LogP contribution in [0.4, 0.5) is 0 Å². The number of ketones is 2. The summed E-state index contributed by atoms with van der Waals surface area (Å²) in [5.74, 6) is -6.93. The summed E-state index contributed by atoms with van der Waals surface area (Å²) in [5.41, 5.74) is 13.8. The van der Waals surface area contributed by atoms with Gasteiger partial charge in [-0.2, -0.15) is 0 Å². The first-order valence-electron chi connectivity index (χ1n) is 11.4. The lowest BCUT2D eigenvalue weighted by atomic mass is 9.90. The van der Waals surface area contributed by atoms with Crippen molar-refractivity contribution in [3.05, 3.63) is 0 Å². The highest BCUT2D eigenvalue weighted by molar-refractivity contribution is 5.94. The summed E-state index contributed by atoms with van der Waals surface area (Å²) >= 11 is 0. The molecule has 0 aromatic rings. The van der Waals surface area contributed by atoms with Gasteiger partial charge < -0.3 is 37.7 Å². The lowest BCUT2D eigenvalue weighted by Gasteiger charge is -2.22. The van der Waals surface area contributed by atoms with Crippen LogP contribution in [0.25, 0.3) is 0 Å². The van der Waals surface area contributed by atoms with Gasteiger partial charge in [0.25, 0.3) is 5.91 Å². The van der Waals surface area contributed by atoms with Crippen LogP contribution in [0.3, 0.4) is 0 Å². The highest BCUT2D eigenvalue weighted by atomic mass is 16.4. The van der Waals surface area contributed by atoms with Crippen LogP contribution in [-0.2, 0) is 33.6 Å². The van der Waals surface area contributed by atoms with Gasteiger partial charge in [0.15, 0.2) is 18.1 Å². The number of carboxylic acid groups (broad SMARTS) is 1. The Bertz CT molecular complexity index is 799. The van der Waals surface area contributed by atoms with Gasteiger partial charge in [0.05, 0.1) is 12.6 Å². The van der Waals surface area contributed by atoms with Gasteiger partial charge in [-0.3, -0.25) is 28.8 Å². The van der Waals surface area contributed by atoms with Crippen molar-refractivity contribution in [3.8, 4) is 0 Å². The van der Waals surface area contributed by atoms with Crippen molar-refractivity contribution in [2.75, 3.05) is 13.1 Å². The fraction of sp³-hybridized carbons (Fsp3) is 0.682. The van der Waals surface area contributed by atoms with Gasteiger partial charge in [0, 0.05) is 37.1 Å². The molecule has 0 saturated heterocycles. The Hall–Kier alpha value is -3.35. The molecule has 0 fully saturated rings. The van der Waals surface area contributed by atoms with Gasteiger partial charge in [-0.15, -0.1) is 0 Å². The van der Waals surface area contributed by atoms with Gasteiger partial charge in [0.1, 0.15) is 0 Å². The molecule has 9 N–H and O–H groups in total. The average molecular weight is 500 g/mol. The van der Waals surface area contributed by atoms with E-state index in [1.807, 2.05) is 13.8 Å². The van der Waals surface area contributed by atoms with E-state index in [1.54, 1.807) is 0 Å². The molecule has 35 heavy (non-hydrogen) atoms. The SMILES string of the molecule is CC(C)C[C@H](NC(=O)C[NH3+])C(=O)C[C@@H](CCC(N)=O)C(=O)NCC(=O)C[C@@H](CCC(=O)[O-])C(N)=O. The molecule has 4 amide bonds. The summed E-state index contributed by atoms with van der Waals surface area (Å²) in [6.07, 6.45) is -1.18. The van der Waals surface area contributed by atoms with Crippen LogP contribution < -0.4 is 32.9 Å². The van der Waals surface area contributed by atoms with E-state index in [2.05, 4.69) is 16.4 Å². The Labute approximate surface area is 203 Å². The predicted octanol–water partition coefficient (Wildman–Crippen LogP) is -3.69. The highest BCUT2D eigenvalue weighted by Crippen LogP contribution is 2.17. The quantitative estimate of drug-likeness (QED) is 0.118. The average Bonchev–Trinajstić information content (AvgIpc) is 2.76. The minimum absolute atomic E-state index is 0.0473. The molecular weight excluding hydrogens is 462 g/mol. The van der Waals surface area contributed by atoms with Crippen LogP contribution in [0.15, 0.2) is 0 Å². The van der Waals surface area contributed by atoms with E-state index < -0.39 is 72.0 Å². The zero-order chi connectivity index (χ0) is 27.1. The third kappa shape index (κ3) is 14.5. The zero-order valence-corrected chi connectivity index (χ0v) is 20.3. The molecule has 0 aromatic carbocycles. The van der Waals surface area contributed by atoms with E-state index in [9.17, 15) is 38.7 Å². The highest BCUT2D eigenvalue weighted by Gasteiger charge is 2.29. The third-order valence-corrected chi connectivity index (χ3v) is 5.25. The first kappa shape index (κ1) is 31.6. The summed E-state index contributed by atoms with van der Waals surface area (Å²) in [6.45, 7) is 3.19. The molecule has 0 aliphatic carbocycles. The number of quaternary nitrogens is 1. The first-order valence-corrected chi connectivity index (χ1v) is 11.4. The van der Waals surface area contributed by atoms with Crippen molar-refractivity contribution in [2.45, 2.75) is 64.8 Å². The molecule has 13 nitrogen and oxygen atoms in total. The lowest BCUT2D eigenvalue weighted by molar-refractivity contribution is -0.355. The van der Waals surface area contributed by atoms with Gasteiger partial charge in [-0.25, -0.2) is 0 Å². The van der Waals surface area contributed by atoms with Crippen molar-refractivity contribution in [1.29, 1.82) is 0 Å². The molecule has 0 aliphatic heterocycles. The molecule has 0 aromatic heterocycles. The number of nitrogens with one attached hydrogen (secondary N) is 2. The molecule has 0 heterocycles. The lowest BCUT2D eigenvalue weighted by Crippen LogP contribution is -2.59. The second-order valence-corrected chi connectivity index (χ2v) is 8.84. The minimum atomic E-state index is -1.39. The number of carbonyl (C=O) groups excluding carboxylic acids is 7. The number of hydrogen-bond donors (Lipinski definition) is 5. The van der Waals surface area contributed by atoms with Crippen molar-refractivity contribution >= 4 is 41.2 Å². The number of primary amides is 2. The molecule has 0 spiro atoms. The van der Waals surface area contributed by atoms with E-state index in [-0.39, 0.29) is 44.6 Å². The molecule has 13 heteroatoms. The van der Waals surface area contributed by atoms with E-state index in [1.165, 1.54) is 0 Å². The van der Waals surface area contributed by atoms with Crippen LogP contribution in [-0.4, -0.2) is 60.3 Å². The number of Topliss-reactive ketones (excluding diaryl/α,β-unsaturated/α-hetero) is 2. The molecule has 0 bridgehead atoms. The molecule has 0 radical (unpaired) electrons. The van der Waals surface area contributed by atoms with Crippen molar-refractivity contribution in [3.63, 3.8) is 0 Å². The summed E-state index contributed by atoms with van der Waals surface area (Å²) in [5, 5.41) is 15.6. The van der Waals surface area contributed by atoms with E-state index in [0.717, 1.165) is 0 Å². The Balaban J connectivity index is 5.22. The number of nitrogens with two attached hydrogens (primary N) is 2. The number of aliphatic carboxylic acids is 1. The van der Waals surface area contributed by atoms with Crippen molar-refractivity contribution in [2.24, 2.45) is 29.2 Å². The molecule has 3 atom stereocenters. The maximum Gasteiger partial charge on any atom is 0.275 e. The largest absolute Gasteiger partial charge is 0.550 e. The summed E-state index contributed by atoms with van der Waals surface area (Å²) < 4.78 is 0. The summed E-state index contributed by atoms with van der Waals surface area (Å²) in [4.78, 5) is 82.9. The van der Waals surface area contributed by atoms with E-state index in [0.29, 0.717) is 6.42 Å². The Morgan fingerprint density at radius 3 is 2.00 bits per heavy atom. The topological polar surface area (TPSA) is 246 Å². The number of carboxylic acids is 1. The monoisotopic (exact) mass is 499 g/mol. The summed E-state index contributed by atoms with van der Waals surface area (Å²) in [6, 6.07) is -0.838. The van der Waals surface area contributed by atoms with Crippen LogP contribution in [0.2, 0.25) is 0 Å². The van der Waals surface area contributed by atoms with Crippen molar-refractivity contribution < 1.29 is 44.4 Å². The molecular formula is C22H37N5O8. The summed E-state index contributed by atoms with van der Waals surface area (Å²) in [7, 11) is 0. The van der Waals surface area contributed by atoms with Crippen LogP contribution >= 0.6 is 0 Å². The Kier molecular flexibility index (Phi) is 14.7. The fourth-order valence-corrected chi connectivity index (χ4v) is 3.35. The number of carbonyl (C=O) groups is 7. The smallest absolute Gasteiger partial charge is 0.275 e. The number of amides is 4. The molecule has 198 valence electrons. The second-order valence-electron chi connectivity index (χ2n) is 8.84. The van der Waals surface area contributed by atoms with Gasteiger partial charge in [-0.1, -0.05) is 13.8 Å². The van der Waals surface area contributed by atoms with Gasteiger partial charge >= 0.3 is 0 Å². The maximum atomic E-state index is 12.9. The molecule has 0 aliphatic rings. The molecule has 0 unspecified atom stereocenters. The Morgan fingerprint density at radius 1 is 0.914 bits per heavy atom. The molecule has 0 saturated carbocycles. The van der Waals surface area contributed by atoms with Gasteiger partial charge in [0.2, 0.25) is 17.7 Å². The van der Waals surface area contributed by atoms with Crippen LogP contribution in [0, 0.1) is 17.8 Å². The standard InChI is InChI=1S/C22H37N5O8/c1-12(2)7-16(27-19(31)10-23)17(29)9-14(3-5-18(24)30)22(35)26-11-15(28)8-13(21(25)34)4-6-20(32)33/h12-14,16H,3-11,23H2,1-2H3,(H2,24,30)(H2,25,34)(H,26,35)(H,27,31)(H,32,33)/t13-,14-,16+/m1/s1. The second kappa shape index (κ2) is 16.3. The predicted molar refractivity (Wildman–Crippen MR) is 120 cm³/mol. The van der Waals surface area contributed by atoms with Gasteiger partial charge in [-0.05, 0) is 31.6 Å². The first-order chi connectivity index (χ1) is 16.3. The minimum Gasteiger partial charge on any atom is -0.550 e. The van der Waals surface area contributed by atoms with Crippen LogP contribution in [0.5, 0.6) is 0 Å². The van der Waals surface area contributed by atoms with E-state index >= 15 is 0 Å². The number of rotatable bonds is 19. The van der Waals surface area contributed by atoms with E-state index in [4.69, 9.17) is 11.5 Å². The fourth-order valence-electron chi connectivity index (χ4n) is 3.35.